The Kier molecular flexibility index (Phi) is 22.6. The van der Waals surface area contributed by atoms with Gasteiger partial charge in [-0.1, -0.05) is 0 Å². The number of alkyl halides is 20. The highest BCUT2D eigenvalue weighted by Gasteiger charge is 2.36. The molecule has 0 spiro atoms. The van der Waals surface area contributed by atoms with E-state index in [0.717, 1.165) is 0 Å². The highest BCUT2D eigenvalue weighted by molar-refractivity contribution is 4.57. The van der Waals surface area contributed by atoms with E-state index in [1.54, 1.807) is 0 Å². The Morgan fingerprint density at radius 2 is 0.471 bits per heavy atom. The molecule has 0 nitrogen and oxygen atoms in total. The van der Waals surface area contributed by atoms with Crippen molar-refractivity contribution in [2.45, 2.75) is 69.4 Å². The molecular formula is C14H18F20. The van der Waals surface area contributed by atoms with Crippen molar-refractivity contribution >= 4 is 0 Å². The second kappa shape index (κ2) is 18.0. The van der Waals surface area contributed by atoms with Crippen LogP contribution in [0.4, 0.5) is 87.8 Å². The summed E-state index contributed by atoms with van der Waals surface area (Å²) in [6.45, 7) is -3.26. The highest BCUT2D eigenvalue weighted by atomic mass is 19.4. The molecule has 0 rings (SSSR count). The van der Waals surface area contributed by atoms with Crippen LogP contribution in [-0.2, 0) is 0 Å². The van der Waals surface area contributed by atoms with E-state index in [4.69, 9.17) is 0 Å². The maximum atomic E-state index is 11.1. The van der Waals surface area contributed by atoms with Gasteiger partial charge in [-0.3, -0.25) is 4.39 Å². The molecule has 0 saturated carbocycles. The van der Waals surface area contributed by atoms with E-state index in [0.29, 0.717) is 14.1 Å². The summed E-state index contributed by atoms with van der Waals surface area (Å²) in [5.41, 5.74) is 0. The van der Waals surface area contributed by atoms with E-state index in [9.17, 15) is 87.8 Å². The molecule has 0 aliphatic rings. The predicted molar refractivity (Wildman–Crippen MR) is 78.3 cm³/mol. The smallest absolute Gasteiger partial charge is 0.255 e. The van der Waals surface area contributed by atoms with Gasteiger partial charge in [0.25, 0.3) is 5.92 Å². The van der Waals surface area contributed by atoms with E-state index in [2.05, 4.69) is 0 Å². The zero-order chi connectivity index (χ0) is 29.2. The minimum Gasteiger partial charge on any atom is -0.255 e. The largest absolute Gasteiger partial charge is 0.416 e. The van der Waals surface area contributed by atoms with Crippen LogP contribution in [0.3, 0.4) is 0 Å². The molecule has 0 atom stereocenters. The van der Waals surface area contributed by atoms with Crippen molar-refractivity contribution in [3.8, 4) is 0 Å². The first kappa shape index (κ1) is 42.7. The molecule has 0 unspecified atom stereocenters. The van der Waals surface area contributed by atoms with Crippen molar-refractivity contribution in [2.75, 3.05) is 20.5 Å². The van der Waals surface area contributed by atoms with Gasteiger partial charge in [0.05, 0.1) is 32.9 Å². The summed E-state index contributed by atoms with van der Waals surface area (Å²) >= 11 is 0. The molecule has 0 saturated heterocycles. The van der Waals surface area contributed by atoms with Crippen LogP contribution in [-0.4, -0.2) is 57.3 Å². The lowest BCUT2D eigenvalue weighted by atomic mass is 10.3. The van der Waals surface area contributed by atoms with Crippen LogP contribution in [0.25, 0.3) is 0 Å². The molecule has 0 bridgehead atoms. The standard InChI is InChI=1S/2C4H4F6.C3H5F3.C2H2F4.CH3F/c2*5-3(6,7)1-2-4(8,9)10;1-3(5,6)2-4;3-1-2(4,5)6;1-2/h2*1-2H2;2H2,1H3;1H2;1H3. The van der Waals surface area contributed by atoms with E-state index < -0.39 is 75.8 Å². The molecule has 0 aliphatic heterocycles. The van der Waals surface area contributed by atoms with E-state index in [-0.39, 0.29) is 0 Å². The SMILES string of the molecule is CC(F)(F)CF.CF.FC(F)(F)CCC(F)(F)F.FC(F)(F)CCC(F)(F)F.FCC(F)(F)F. The molecule has 0 heterocycles. The quantitative estimate of drug-likeness (QED) is 0.299. The van der Waals surface area contributed by atoms with Crippen LogP contribution in [0.5, 0.6) is 0 Å². The van der Waals surface area contributed by atoms with Crippen molar-refractivity contribution < 1.29 is 87.8 Å². The fraction of sp³-hybridized carbons (Fsp3) is 1.00. The van der Waals surface area contributed by atoms with Crippen molar-refractivity contribution in [1.29, 1.82) is 0 Å². The van der Waals surface area contributed by atoms with Crippen molar-refractivity contribution in [1.82, 2.24) is 0 Å². The second-order valence-electron chi connectivity index (χ2n) is 5.41. The number of halogens is 20. The van der Waals surface area contributed by atoms with E-state index in [1.807, 2.05) is 0 Å². The van der Waals surface area contributed by atoms with Gasteiger partial charge in [-0.05, 0) is 0 Å². The molecule has 0 amide bonds. The Labute approximate surface area is 179 Å². The maximum Gasteiger partial charge on any atom is 0.416 e. The minimum absolute atomic E-state index is 0.500. The molecule has 0 aromatic rings. The van der Waals surface area contributed by atoms with Gasteiger partial charge in [-0.15, -0.1) is 0 Å². The summed E-state index contributed by atoms with van der Waals surface area (Å²) in [5, 5.41) is 0. The molecule has 20 heteroatoms. The van der Waals surface area contributed by atoms with Crippen LogP contribution in [0.1, 0.15) is 32.6 Å². The highest BCUT2D eigenvalue weighted by Crippen LogP contribution is 2.30. The zero-order valence-electron chi connectivity index (χ0n) is 16.8. The van der Waals surface area contributed by atoms with Crippen LogP contribution < -0.4 is 0 Å². The van der Waals surface area contributed by atoms with Crippen LogP contribution in [0.15, 0.2) is 0 Å². The molecule has 0 fully saturated rings. The number of hydrogen-bond acceptors (Lipinski definition) is 0. The third-order valence-corrected chi connectivity index (χ3v) is 1.77. The monoisotopic (exact) mass is 566 g/mol. The van der Waals surface area contributed by atoms with Gasteiger partial charge in [0, 0.05) is 6.92 Å². The van der Waals surface area contributed by atoms with Gasteiger partial charge in [0.1, 0.15) is 0 Å². The third-order valence-electron chi connectivity index (χ3n) is 1.77. The Hall–Kier alpha value is -1.40. The molecule has 0 aliphatic carbocycles. The molecule has 34 heavy (non-hydrogen) atoms. The van der Waals surface area contributed by atoms with Gasteiger partial charge < -0.3 is 0 Å². The average Bonchev–Trinajstić information content (AvgIpc) is 2.58. The van der Waals surface area contributed by atoms with Crippen LogP contribution in [0.2, 0.25) is 0 Å². The number of rotatable bonds is 3. The van der Waals surface area contributed by atoms with Crippen molar-refractivity contribution in [3.05, 3.63) is 0 Å². The van der Waals surface area contributed by atoms with Gasteiger partial charge in [-0.25, -0.2) is 17.6 Å². The topological polar surface area (TPSA) is 0 Å². The Balaban J connectivity index is -0.000000110. The maximum absolute atomic E-state index is 11.1. The molecule has 0 aromatic heterocycles. The van der Waals surface area contributed by atoms with Gasteiger partial charge >= 0.3 is 30.9 Å². The van der Waals surface area contributed by atoms with Gasteiger partial charge in [-0.2, -0.15) is 65.9 Å². The lowest BCUT2D eigenvalue weighted by Crippen LogP contribution is -2.15. The average molecular weight is 566 g/mol. The lowest BCUT2D eigenvalue weighted by molar-refractivity contribution is -0.183. The molecule has 214 valence electrons. The minimum atomic E-state index is -4.71. The summed E-state index contributed by atoms with van der Waals surface area (Å²) < 4.78 is 217. The van der Waals surface area contributed by atoms with Crippen LogP contribution in [0, 0.1) is 0 Å². The van der Waals surface area contributed by atoms with Crippen LogP contribution >= 0.6 is 0 Å². The normalized spacial score (nSPS) is 12.5. The van der Waals surface area contributed by atoms with E-state index >= 15 is 0 Å². The summed E-state index contributed by atoms with van der Waals surface area (Å²) in [4.78, 5) is 0. The fourth-order valence-electron chi connectivity index (χ4n) is 0.567. The van der Waals surface area contributed by atoms with Gasteiger partial charge in [0.15, 0.2) is 13.3 Å². The Morgan fingerprint density at radius 3 is 0.500 bits per heavy atom. The first-order chi connectivity index (χ1) is 14.5. The third kappa shape index (κ3) is 77.5. The number of hydrogen-bond donors (Lipinski definition) is 0. The summed E-state index contributed by atoms with van der Waals surface area (Å²) in [5.74, 6) is -3.12. The first-order valence-corrected chi connectivity index (χ1v) is 7.75. The van der Waals surface area contributed by atoms with Crippen molar-refractivity contribution in [2.24, 2.45) is 0 Å². The summed E-state index contributed by atoms with van der Waals surface area (Å²) in [6.07, 6.45) is -30.7. The molecule has 0 aromatic carbocycles. The first-order valence-electron chi connectivity index (χ1n) is 7.75. The molecule has 0 N–H and O–H groups in total. The zero-order valence-corrected chi connectivity index (χ0v) is 16.8. The Bertz CT molecular complexity index is 359. The summed E-state index contributed by atoms with van der Waals surface area (Å²) in [6, 6.07) is 0. The predicted octanol–water partition coefficient (Wildman–Crippen LogP) is 9.50. The molecule has 0 radical (unpaired) electrons. The fourth-order valence-corrected chi connectivity index (χ4v) is 0.567. The molecular weight excluding hydrogens is 548 g/mol. The van der Waals surface area contributed by atoms with E-state index in [1.165, 1.54) is 0 Å². The Morgan fingerprint density at radius 1 is 0.353 bits per heavy atom. The lowest BCUT2D eigenvalue weighted by Gasteiger charge is -2.07. The summed E-state index contributed by atoms with van der Waals surface area (Å²) in [7, 11) is 0.500. The second-order valence-corrected chi connectivity index (χ2v) is 5.41. The van der Waals surface area contributed by atoms with Gasteiger partial charge in [0.2, 0.25) is 0 Å². The van der Waals surface area contributed by atoms with Crippen molar-refractivity contribution in [3.63, 3.8) is 0 Å².